The Hall–Kier alpha value is -5.14. The summed E-state index contributed by atoms with van der Waals surface area (Å²) in [5.41, 5.74) is 5.14. The first kappa shape index (κ1) is 35.9. The minimum atomic E-state index is -0.940. The van der Waals surface area contributed by atoms with Crippen molar-refractivity contribution in [2.45, 2.75) is 97.2 Å². The van der Waals surface area contributed by atoms with Crippen LogP contribution in [0, 0.1) is 13.8 Å². The number of aromatic nitrogens is 7. The number of benzene rings is 2. The van der Waals surface area contributed by atoms with Crippen LogP contribution in [0.2, 0.25) is 5.02 Å². The van der Waals surface area contributed by atoms with Crippen molar-refractivity contribution in [3.8, 4) is 11.5 Å². The van der Waals surface area contributed by atoms with E-state index in [1.807, 2.05) is 62.3 Å². The lowest BCUT2D eigenvalue weighted by atomic mass is 9.83. The minimum Gasteiger partial charge on any atom is -0.376 e. The summed E-state index contributed by atoms with van der Waals surface area (Å²) < 4.78 is 16.3. The number of carbonyl (C=O) groups excluding carboxylic acids is 1. The van der Waals surface area contributed by atoms with E-state index in [2.05, 4.69) is 47.2 Å². The van der Waals surface area contributed by atoms with E-state index >= 15 is 4.79 Å². The Balaban J connectivity index is 1.27. The van der Waals surface area contributed by atoms with Crippen molar-refractivity contribution in [2.75, 3.05) is 13.2 Å². The van der Waals surface area contributed by atoms with Gasteiger partial charge in [-0.25, -0.2) is 14.3 Å². The molecule has 0 saturated carbocycles. The maximum Gasteiger partial charge on any atom is 0.438 e. The SMILES string of the molecule is CC[C@](C)(c1noc(=O)[nH]1)n1c(C(=O)N2CCc3nn(-c4cc(C)c(Cl)c(C)c4)c(-n4cc[nH]c4=O)c3[C@@H]2C)cc2cc([C@H]3CCOC(C)(C)C3)ccc21. The summed E-state index contributed by atoms with van der Waals surface area (Å²) in [6.07, 6.45) is 6.05. The number of imidazole rings is 1. The molecular weight excluding hydrogens is 708 g/mol. The summed E-state index contributed by atoms with van der Waals surface area (Å²) in [7, 11) is 0. The van der Waals surface area contributed by atoms with Gasteiger partial charge < -0.3 is 19.2 Å². The highest BCUT2D eigenvalue weighted by molar-refractivity contribution is 6.32. The lowest BCUT2D eigenvalue weighted by molar-refractivity contribution is -0.0592. The van der Waals surface area contributed by atoms with Crippen LogP contribution in [0.3, 0.4) is 0 Å². The monoisotopic (exact) mass is 752 g/mol. The number of amides is 1. The number of aryl methyl sites for hydroxylation is 2. The topological polar surface area (TPSA) is 149 Å². The molecule has 0 radical (unpaired) electrons. The third kappa shape index (κ3) is 5.76. The molecule has 4 aromatic heterocycles. The zero-order valence-corrected chi connectivity index (χ0v) is 32.4. The molecule has 1 fully saturated rings. The van der Waals surface area contributed by atoms with Gasteiger partial charge in [-0.1, -0.05) is 29.7 Å². The average molecular weight is 753 g/mol. The lowest BCUT2D eigenvalue weighted by Gasteiger charge is -2.36. The number of fused-ring (bicyclic) bond motifs is 2. The Bertz CT molecular complexity index is 2530. The van der Waals surface area contributed by atoms with Gasteiger partial charge in [-0.15, -0.1) is 0 Å². The molecule has 14 heteroatoms. The van der Waals surface area contributed by atoms with Gasteiger partial charge in [-0.3, -0.25) is 18.9 Å². The van der Waals surface area contributed by atoms with E-state index in [4.69, 9.17) is 26.0 Å². The summed E-state index contributed by atoms with van der Waals surface area (Å²) in [5.74, 6) is 0.346. The normalized spacial score (nSPS) is 19.6. The summed E-state index contributed by atoms with van der Waals surface area (Å²) in [6.45, 7) is 15.2. The number of aromatic amines is 2. The zero-order chi connectivity index (χ0) is 38.3. The van der Waals surface area contributed by atoms with Crippen molar-refractivity contribution < 1.29 is 14.1 Å². The predicted octanol–water partition coefficient (Wildman–Crippen LogP) is 6.86. The van der Waals surface area contributed by atoms with Crippen LogP contribution in [0.15, 0.2) is 62.9 Å². The van der Waals surface area contributed by atoms with Crippen molar-refractivity contribution >= 4 is 28.4 Å². The summed E-state index contributed by atoms with van der Waals surface area (Å²) >= 11 is 6.55. The van der Waals surface area contributed by atoms with Gasteiger partial charge in [0.1, 0.15) is 17.1 Å². The van der Waals surface area contributed by atoms with Crippen LogP contribution < -0.4 is 11.4 Å². The van der Waals surface area contributed by atoms with Crippen LogP contribution in [0.5, 0.6) is 0 Å². The Morgan fingerprint density at radius 2 is 1.89 bits per heavy atom. The molecule has 3 atom stereocenters. The third-order valence-electron chi connectivity index (χ3n) is 11.6. The number of ether oxygens (including phenoxy) is 1. The molecule has 2 aliphatic heterocycles. The molecule has 6 heterocycles. The number of carbonyl (C=O) groups is 1. The number of nitrogens with zero attached hydrogens (tertiary/aromatic N) is 6. The van der Waals surface area contributed by atoms with E-state index in [0.717, 1.165) is 51.8 Å². The van der Waals surface area contributed by atoms with Crippen molar-refractivity contribution in [3.05, 3.63) is 114 Å². The number of nitrogens with one attached hydrogen (secondary N) is 2. The van der Waals surface area contributed by atoms with Gasteiger partial charge >= 0.3 is 11.4 Å². The molecule has 282 valence electrons. The van der Waals surface area contributed by atoms with Crippen LogP contribution >= 0.6 is 11.6 Å². The number of hydrogen-bond donors (Lipinski definition) is 2. The highest BCUT2D eigenvalue weighted by atomic mass is 35.5. The molecule has 2 N–H and O–H groups in total. The fraction of sp³-hybridized carbons (Fsp3) is 0.425. The molecule has 1 amide bonds. The average Bonchev–Trinajstić information content (AvgIpc) is 3.94. The molecule has 2 aromatic carbocycles. The number of rotatable bonds is 7. The van der Waals surface area contributed by atoms with Crippen LogP contribution in [-0.2, 0) is 16.7 Å². The maximum atomic E-state index is 15.2. The molecule has 8 rings (SSSR count). The molecular formula is C40H45ClN8O5. The highest BCUT2D eigenvalue weighted by Gasteiger charge is 2.41. The first-order chi connectivity index (χ1) is 25.7. The lowest BCUT2D eigenvalue weighted by Crippen LogP contribution is -2.42. The second kappa shape index (κ2) is 13.0. The minimum absolute atomic E-state index is 0.193. The number of hydrogen-bond acceptors (Lipinski definition) is 7. The van der Waals surface area contributed by atoms with Gasteiger partial charge in [-0.05, 0) is 114 Å². The molecule has 13 nitrogen and oxygen atoms in total. The Morgan fingerprint density at radius 1 is 1.13 bits per heavy atom. The smallest absolute Gasteiger partial charge is 0.376 e. The van der Waals surface area contributed by atoms with Crippen LogP contribution in [0.1, 0.15) is 110 Å². The summed E-state index contributed by atoms with van der Waals surface area (Å²) in [5, 5.41) is 10.8. The van der Waals surface area contributed by atoms with E-state index < -0.39 is 17.3 Å². The highest BCUT2D eigenvalue weighted by Crippen LogP contribution is 2.41. The molecule has 2 aliphatic rings. The van der Waals surface area contributed by atoms with Crippen molar-refractivity contribution in [2.24, 2.45) is 0 Å². The van der Waals surface area contributed by atoms with Crippen LogP contribution in [0.25, 0.3) is 22.4 Å². The zero-order valence-electron chi connectivity index (χ0n) is 31.6. The quantitative estimate of drug-likeness (QED) is 0.181. The Morgan fingerprint density at radius 3 is 2.54 bits per heavy atom. The molecule has 54 heavy (non-hydrogen) atoms. The van der Waals surface area contributed by atoms with Gasteiger partial charge in [0.15, 0.2) is 5.82 Å². The van der Waals surface area contributed by atoms with Gasteiger partial charge in [0.2, 0.25) is 0 Å². The fourth-order valence-corrected chi connectivity index (χ4v) is 8.72. The second-order valence-corrected chi connectivity index (χ2v) is 16.0. The van der Waals surface area contributed by atoms with Gasteiger partial charge in [0.05, 0.1) is 23.0 Å². The second-order valence-electron chi connectivity index (χ2n) is 15.6. The van der Waals surface area contributed by atoms with Crippen LogP contribution in [-0.4, -0.2) is 63.6 Å². The predicted molar refractivity (Wildman–Crippen MR) is 205 cm³/mol. The van der Waals surface area contributed by atoms with E-state index in [1.165, 1.54) is 5.56 Å². The third-order valence-corrected chi connectivity index (χ3v) is 12.2. The van der Waals surface area contributed by atoms with Gasteiger partial charge in [0.25, 0.3) is 5.91 Å². The Kier molecular flexibility index (Phi) is 8.64. The first-order valence-electron chi connectivity index (χ1n) is 18.5. The number of halogens is 1. The standard InChI is InChI=1S/C40H45ClN8O5/c1-8-40(7,36-43-38(52)54-45-36)48-30-10-9-25(26-12-16-53-39(5,6)21-26)19-27(30)20-31(48)35(50)46-14-11-29-32(24(46)4)34(47-15-13-42-37(47)51)49(44-29)28-17-22(2)33(41)23(3)18-28/h9-10,13,15,17-20,24,26H,8,11-12,14,16,21H2,1-7H3,(H,42,51)(H,43,45,52)/t24-,26-,40+/m0/s1. The molecule has 0 unspecified atom stereocenters. The van der Waals surface area contributed by atoms with Crippen LogP contribution in [0.4, 0.5) is 0 Å². The first-order valence-corrected chi connectivity index (χ1v) is 18.9. The van der Waals surface area contributed by atoms with E-state index in [1.54, 1.807) is 21.6 Å². The largest absolute Gasteiger partial charge is 0.438 e. The summed E-state index contributed by atoms with van der Waals surface area (Å²) in [6, 6.07) is 11.8. The van der Waals surface area contributed by atoms with Crippen molar-refractivity contribution in [1.82, 2.24) is 38.9 Å². The van der Waals surface area contributed by atoms with E-state index in [0.29, 0.717) is 54.3 Å². The molecule has 6 aromatic rings. The molecule has 0 aliphatic carbocycles. The molecule has 0 spiro atoms. The van der Waals surface area contributed by atoms with Gasteiger partial charge in [0, 0.05) is 53.5 Å². The molecule has 0 bridgehead atoms. The maximum absolute atomic E-state index is 15.2. The Labute approximate surface area is 316 Å². The fourth-order valence-electron chi connectivity index (χ4n) is 8.61. The van der Waals surface area contributed by atoms with Crippen molar-refractivity contribution in [1.29, 1.82) is 0 Å². The van der Waals surface area contributed by atoms with Crippen molar-refractivity contribution in [3.63, 3.8) is 0 Å². The van der Waals surface area contributed by atoms with Gasteiger partial charge in [-0.2, -0.15) is 5.10 Å². The van der Waals surface area contributed by atoms with E-state index in [-0.39, 0.29) is 17.2 Å². The molecule has 1 saturated heterocycles. The number of H-pyrrole nitrogens is 2. The van der Waals surface area contributed by atoms with E-state index in [9.17, 15) is 9.59 Å². The summed E-state index contributed by atoms with van der Waals surface area (Å²) in [4.78, 5) is 48.1.